The van der Waals surface area contributed by atoms with E-state index in [1.807, 2.05) is 23.7 Å². The molecule has 0 aliphatic carbocycles. The first kappa shape index (κ1) is 14.3. The molecule has 0 amide bonds. The molecule has 0 radical (unpaired) electrons. The van der Waals surface area contributed by atoms with Crippen LogP contribution in [-0.4, -0.2) is 25.9 Å². The normalized spacial score (nSPS) is 10.9. The highest BCUT2D eigenvalue weighted by Gasteiger charge is 2.15. The lowest BCUT2D eigenvalue weighted by Gasteiger charge is -2.15. The maximum Gasteiger partial charge on any atom is 0.197 e. The second-order valence-corrected chi connectivity index (χ2v) is 4.97. The van der Waals surface area contributed by atoms with Gasteiger partial charge in [0.1, 0.15) is 5.75 Å². The van der Waals surface area contributed by atoms with Crippen LogP contribution in [0.2, 0.25) is 0 Å². The number of benzene rings is 2. The fraction of sp³-hybridized carbons (Fsp3) is 0.235. The summed E-state index contributed by atoms with van der Waals surface area (Å²) >= 11 is 0. The van der Waals surface area contributed by atoms with Crippen LogP contribution in [0.15, 0.2) is 35.1 Å². The summed E-state index contributed by atoms with van der Waals surface area (Å²) in [6, 6.07) is 8.98. The monoisotopic (exact) mass is 299 g/mol. The number of ether oxygens (including phenoxy) is 3. The van der Waals surface area contributed by atoms with Crippen LogP contribution in [0.3, 0.4) is 0 Å². The molecule has 0 aliphatic rings. The van der Waals surface area contributed by atoms with Crippen LogP contribution in [-0.2, 0) is 7.05 Å². The van der Waals surface area contributed by atoms with Gasteiger partial charge >= 0.3 is 0 Å². The first-order valence-corrected chi connectivity index (χ1v) is 6.83. The summed E-state index contributed by atoms with van der Waals surface area (Å²) in [4.78, 5) is 12.8. The molecule has 0 unspecified atom stereocenters. The van der Waals surface area contributed by atoms with Gasteiger partial charge in [0.25, 0.3) is 0 Å². The molecule has 3 aromatic rings. The first-order chi connectivity index (χ1) is 10.6. The average Bonchev–Trinajstić information content (AvgIpc) is 2.57. The van der Waals surface area contributed by atoms with E-state index in [-0.39, 0.29) is 5.43 Å². The van der Waals surface area contributed by atoms with Crippen LogP contribution >= 0.6 is 0 Å². The standard InChI is InChI=1S/C17H17NO4/c1-18-12-9-15(22-4)14(21-3)8-11(12)17(19)10-6-5-7-13(20-2)16(10)18/h5-9H,1-4H3. The zero-order valence-electron chi connectivity index (χ0n) is 13.0. The van der Waals surface area contributed by atoms with E-state index in [1.54, 1.807) is 39.5 Å². The molecule has 0 atom stereocenters. The number of fused-ring (bicyclic) bond motifs is 2. The third kappa shape index (κ3) is 1.89. The number of hydrogen-bond donors (Lipinski definition) is 0. The van der Waals surface area contributed by atoms with Gasteiger partial charge in [-0.05, 0) is 18.2 Å². The Morgan fingerprint density at radius 1 is 0.864 bits per heavy atom. The van der Waals surface area contributed by atoms with Crippen molar-refractivity contribution >= 4 is 21.8 Å². The second kappa shape index (κ2) is 5.26. The molecular formula is C17H17NO4. The molecule has 0 spiro atoms. The van der Waals surface area contributed by atoms with E-state index in [0.29, 0.717) is 28.0 Å². The van der Waals surface area contributed by atoms with Gasteiger partial charge in [-0.25, -0.2) is 0 Å². The summed E-state index contributed by atoms with van der Waals surface area (Å²) < 4.78 is 18.0. The number of nitrogens with zero attached hydrogens (tertiary/aromatic N) is 1. The number of aryl methyl sites for hydroxylation is 1. The fourth-order valence-electron chi connectivity index (χ4n) is 2.81. The predicted molar refractivity (Wildman–Crippen MR) is 86.4 cm³/mol. The van der Waals surface area contributed by atoms with Crippen molar-refractivity contribution in [1.82, 2.24) is 4.57 Å². The number of para-hydroxylation sites is 1. The predicted octanol–water partition coefficient (Wildman–Crippen LogP) is 2.72. The van der Waals surface area contributed by atoms with Crippen LogP contribution in [0.25, 0.3) is 21.8 Å². The van der Waals surface area contributed by atoms with Gasteiger partial charge in [-0.15, -0.1) is 0 Å². The Morgan fingerprint density at radius 3 is 2.14 bits per heavy atom. The SMILES string of the molecule is COc1cc2c(=O)c3cccc(OC)c3n(C)c2cc1OC. The molecule has 3 rings (SSSR count). The maximum absolute atomic E-state index is 12.8. The first-order valence-electron chi connectivity index (χ1n) is 6.83. The van der Waals surface area contributed by atoms with E-state index in [2.05, 4.69) is 0 Å². The Balaban J connectivity index is 2.57. The zero-order valence-corrected chi connectivity index (χ0v) is 13.0. The van der Waals surface area contributed by atoms with Crippen molar-refractivity contribution in [3.8, 4) is 17.2 Å². The maximum atomic E-state index is 12.8. The Labute approximate surface area is 127 Å². The minimum absolute atomic E-state index is 0.0528. The molecule has 1 aromatic heterocycles. The van der Waals surface area contributed by atoms with Gasteiger partial charge in [-0.3, -0.25) is 4.79 Å². The minimum atomic E-state index is -0.0528. The van der Waals surface area contributed by atoms with Crippen molar-refractivity contribution in [1.29, 1.82) is 0 Å². The molecule has 0 saturated carbocycles. The fourth-order valence-corrected chi connectivity index (χ4v) is 2.81. The lowest BCUT2D eigenvalue weighted by molar-refractivity contribution is 0.355. The molecule has 1 heterocycles. The van der Waals surface area contributed by atoms with Crippen molar-refractivity contribution in [3.05, 3.63) is 40.6 Å². The molecule has 2 aromatic carbocycles. The Kier molecular flexibility index (Phi) is 3.41. The summed E-state index contributed by atoms with van der Waals surface area (Å²) in [6.07, 6.45) is 0. The molecule has 5 nitrogen and oxygen atoms in total. The quantitative estimate of drug-likeness (QED) is 0.698. The molecule has 0 N–H and O–H groups in total. The van der Waals surface area contributed by atoms with Crippen molar-refractivity contribution in [2.24, 2.45) is 7.05 Å². The molecule has 0 aliphatic heterocycles. The van der Waals surface area contributed by atoms with Gasteiger partial charge in [-0.1, -0.05) is 6.07 Å². The van der Waals surface area contributed by atoms with Gasteiger partial charge in [0.2, 0.25) is 0 Å². The molecule has 0 saturated heterocycles. The average molecular weight is 299 g/mol. The molecule has 22 heavy (non-hydrogen) atoms. The van der Waals surface area contributed by atoms with E-state index < -0.39 is 0 Å². The van der Waals surface area contributed by atoms with Crippen LogP contribution < -0.4 is 19.6 Å². The van der Waals surface area contributed by atoms with Gasteiger partial charge in [0, 0.05) is 13.1 Å². The van der Waals surface area contributed by atoms with E-state index in [9.17, 15) is 4.79 Å². The number of hydrogen-bond acceptors (Lipinski definition) is 4. The lowest BCUT2D eigenvalue weighted by atomic mass is 10.1. The second-order valence-electron chi connectivity index (χ2n) is 4.97. The van der Waals surface area contributed by atoms with E-state index >= 15 is 0 Å². The van der Waals surface area contributed by atoms with Gasteiger partial charge in [0.15, 0.2) is 16.9 Å². The van der Waals surface area contributed by atoms with Crippen LogP contribution in [0, 0.1) is 0 Å². The van der Waals surface area contributed by atoms with Crippen LogP contribution in [0.4, 0.5) is 0 Å². The smallest absolute Gasteiger partial charge is 0.197 e. The Hall–Kier alpha value is -2.69. The lowest BCUT2D eigenvalue weighted by Crippen LogP contribution is -2.10. The Bertz CT molecular complexity index is 927. The topological polar surface area (TPSA) is 49.7 Å². The third-order valence-corrected chi connectivity index (χ3v) is 3.91. The molecular weight excluding hydrogens is 282 g/mol. The summed E-state index contributed by atoms with van der Waals surface area (Å²) in [5.74, 6) is 1.78. The third-order valence-electron chi connectivity index (χ3n) is 3.91. The highest BCUT2D eigenvalue weighted by Crippen LogP contribution is 2.33. The highest BCUT2D eigenvalue weighted by atomic mass is 16.5. The van der Waals surface area contributed by atoms with Crippen molar-refractivity contribution < 1.29 is 14.2 Å². The van der Waals surface area contributed by atoms with Gasteiger partial charge in [-0.2, -0.15) is 0 Å². The van der Waals surface area contributed by atoms with Crippen LogP contribution in [0.1, 0.15) is 0 Å². The van der Waals surface area contributed by atoms with Crippen molar-refractivity contribution in [2.75, 3.05) is 21.3 Å². The van der Waals surface area contributed by atoms with Crippen LogP contribution in [0.5, 0.6) is 17.2 Å². The van der Waals surface area contributed by atoms with Gasteiger partial charge in [0.05, 0.1) is 43.1 Å². The van der Waals surface area contributed by atoms with E-state index in [1.165, 1.54) is 0 Å². The summed E-state index contributed by atoms with van der Waals surface area (Å²) in [5, 5.41) is 1.20. The van der Waals surface area contributed by atoms with Crippen molar-refractivity contribution in [2.45, 2.75) is 0 Å². The number of rotatable bonds is 3. The van der Waals surface area contributed by atoms with Crippen molar-refractivity contribution in [3.63, 3.8) is 0 Å². The highest BCUT2D eigenvalue weighted by molar-refractivity contribution is 5.97. The molecule has 114 valence electrons. The molecule has 0 fully saturated rings. The number of methoxy groups -OCH3 is 3. The zero-order chi connectivity index (χ0) is 15.9. The minimum Gasteiger partial charge on any atom is -0.495 e. The summed E-state index contributed by atoms with van der Waals surface area (Å²) in [6.45, 7) is 0. The largest absolute Gasteiger partial charge is 0.495 e. The van der Waals surface area contributed by atoms with Gasteiger partial charge < -0.3 is 18.8 Å². The molecule has 0 bridgehead atoms. The van der Waals surface area contributed by atoms with E-state index in [4.69, 9.17) is 14.2 Å². The Morgan fingerprint density at radius 2 is 1.50 bits per heavy atom. The number of pyridine rings is 1. The summed E-state index contributed by atoms with van der Waals surface area (Å²) in [7, 11) is 6.62. The van der Waals surface area contributed by atoms with E-state index in [0.717, 1.165) is 11.0 Å². The molecule has 5 heteroatoms. The summed E-state index contributed by atoms with van der Waals surface area (Å²) in [5.41, 5.74) is 1.47. The number of aromatic nitrogens is 1.